The minimum Gasteiger partial charge on any atom is -0.382 e. The van der Waals surface area contributed by atoms with E-state index in [0.717, 1.165) is 0 Å². The van der Waals surface area contributed by atoms with Crippen molar-refractivity contribution < 1.29 is 13.9 Å². The molecule has 1 aromatic rings. The van der Waals surface area contributed by atoms with Gasteiger partial charge in [-0.15, -0.1) is 0 Å². The van der Waals surface area contributed by atoms with Crippen LogP contribution in [0.15, 0.2) is 18.2 Å². The van der Waals surface area contributed by atoms with Crippen molar-refractivity contribution in [1.82, 2.24) is 0 Å². The van der Waals surface area contributed by atoms with Crippen LogP contribution >= 0.6 is 11.6 Å². The van der Waals surface area contributed by atoms with E-state index in [9.17, 15) is 4.39 Å². The van der Waals surface area contributed by atoms with Crippen molar-refractivity contribution in [1.29, 1.82) is 0 Å². The van der Waals surface area contributed by atoms with E-state index >= 15 is 0 Å². The van der Waals surface area contributed by atoms with E-state index in [-0.39, 0.29) is 11.1 Å². The van der Waals surface area contributed by atoms with Gasteiger partial charge in [0.2, 0.25) is 0 Å². The number of methoxy groups -OCH3 is 2. The van der Waals surface area contributed by atoms with Gasteiger partial charge in [-0.25, -0.2) is 4.39 Å². The van der Waals surface area contributed by atoms with E-state index in [2.05, 4.69) is 5.32 Å². The van der Waals surface area contributed by atoms with Crippen LogP contribution in [0.2, 0.25) is 5.02 Å². The molecule has 0 bridgehead atoms. The Balaban J connectivity index is 2.50. The minimum absolute atomic E-state index is 0.0660. The Morgan fingerprint density at radius 1 is 1.44 bits per heavy atom. The summed E-state index contributed by atoms with van der Waals surface area (Å²) in [5.41, 5.74) is 0.667. The first kappa shape index (κ1) is 13.2. The minimum atomic E-state index is -0.438. The molecule has 0 heterocycles. The van der Waals surface area contributed by atoms with Crippen molar-refractivity contribution in [3.63, 3.8) is 0 Å². The van der Waals surface area contributed by atoms with E-state index in [4.69, 9.17) is 21.1 Å². The highest BCUT2D eigenvalue weighted by Crippen LogP contribution is 2.18. The molecule has 1 rings (SSSR count). The van der Waals surface area contributed by atoms with Crippen LogP contribution in [0, 0.1) is 5.82 Å². The molecule has 0 spiro atoms. The number of halogens is 2. The molecule has 1 aromatic carbocycles. The largest absolute Gasteiger partial charge is 0.382 e. The van der Waals surface area contributed by atoms with Crippen molar-refractivity contribution >= 4 is 17.3 Å². The molecule has 1 N–H and O–H groups in total. The normalized spacial score (nSPS) is 12.5. The van der Waals surface area contributed by atoms with E-state index in [1.807, 2.05) is 0 Å². The van der Waals surface area contributed by atoms with E-state index in [0.29, 0.717) is 18.8 Å². The number of ether oxygens (including phenoxy) is 2. The summed E-state index contributed by atoms with van der Waals surface area (Å²) < 4.78 is 23.2. The fraction of sp³-hybridized carbons (Fsp3) is 0.455. The van der Waals surface area contributed by atoms with E-state index < -0.39 is 5.82 Å². The molecule has 0 radical (unpaired) electrons. The van der Waals surface area contributed by atoms with Crippen LogP contribution in [0.1, 0.15) is 0 Å². The quantitative estimate of drug-likeness (QED) is 0.838. The van der Waals surface area contributed by atoms with Gasteiger partial charge in [0.1, 0.15) is 5.82 Å². The third kappa shape index (κ3) is 3.96. The molecule has 0 saturated carbocycles. The van der Waals surface area contributed by atoms with Crippen LogP contribution < -0.4 is 5.32 Å². The molecule has 16 heavy (non-hydrogen) atoms. The highest BCUT2D eigenvalue weighted by atomic mass is 35.5. The molecule has 0 unspecified atom stereocenters. The first-order valence-electron chi connectivity index (χ1n) is 4.88. The maximum Gasteiger partial charge on any atom is 0.143 e. The van der Waals surface area contributed by atoms with Gasteiger partial charge in [-0.2, -0.15) is 0 Å². The van der Waals surface area contributed by atoms with Gasteiger partial charge < -0.3 is 14.8 Å². The Kier molecular flexibility index (Phi) is 5.52. The molecule has 0 aliphatic carbocycles. The maximum absolute atomic E-state index is 13.1. The summed E-state index contributed by atoms with van der Waals surface area (Å²) in [7, 11) is 3.21. The fourth-order valence-electron chi connectivity index (χ4n) is 1.23. The van der Waals surface area contributed by atoms with Crippen LogP contribution in [0.3, 0.4) is 0 Å². The van der Waals surface area contributed by atoms with Gasteiger partial charge in [0.15, 0.2) is 0 Å². The lowest BCUT2D eigenvalue weighted by Crippen LogP contribution is -2.26. The molecular weight excluding hydrogens is 233 g/mol. The predicted molar refractivity (Wildman–Crippen MR) is 62.6 cm³/mol. The standard InChI is InChI=1S/C11H15ClFNO2/c1-15-7-9(16-2)6-14-8-3-4-10(12)11(13)5-8/h3-5,9,14H,6-7H2,1-2H3/t9-/m1/s1. The van der Waals surface area contributed by atoms with Crippen LogP contribution in [0.4, 0.5) is 10.1 Å². The van der Waals surface area contributed by atoms with Crippen LogP contribution in [-0.2, 0) is 9.47 Å². The Morgan fingerprint density at radius 2 is 2.19 bits per heavy atom. The van der Waals surface area contributed by atoms with Gasteiger partial charge in [-0.1, -0.05) is 11.6 Å². The molecule has 0 saturated heterocycles. The van der Waals surface area contributed by atoms with Crippen LogP contribution in [0.5, 0.6) is 0 Å². The number of hydrogen-bond acceptors (Lipinski definition) is 3. The zero-order valence-electron chi connectivity index (χ0n) is 9.30. The molecule has 3 nitrogen and oxygen atoms in total. The van der Waals surface area contributed by atoms with Crippen molar-refractivity contribution in [2.45, 2.75) is 6.10 Å². The fourth-order valence-corrected chi connectivity index (χ4v) is 1.35. The third-order valence-electron chi connectivity index (χ3n) is 2.14. The molecule has 0 aromatic heterocycles. The second-order valence-electron chi connectivity index (χ2n) is 3.32. The molecular formula is C11H15ClFNO2. The summed E-state index contributed by atoms with van der Waals surface area (Å²) in [6.45, 7) is 1.03. The van der Waals surface area contributed by atoms with Gasteiger partial charge in [0.25, 0.3) is 0 Å². The molecule has 5 heteroatoms. The lowest BCUT2D eigenvalue weighted by atomic mass is 10.3. The molecule has 90 valence electrons. The summed E-state index contributed by atoms with van der Waals surface area (Å²) in [6.07, 6.45) is -0.0660. The van der Waals surface area contributed by atoms with Crippen molar-refractivity contribution in [3.05, 3.63) is 29.0 Å². The number of nitrogens with one attached hydrogen (secondary N) is 1. The molecule has 0 aliphatic heterocycles. The van der Waals surface area contributed by atoms with Gasteiger partial charge in [-0.3, -0.25) is 0 Å². The second-order valence-corrected chi connectivity index (χ2v) is 3.73. The lowest BCUT2D eigenvalue weighted by molar-refractivity contribution is 0.0365. The maximum atomic E-state index is 13.1. The monoisotopic (exact) mass is 247 g/mol. The van der Waals surface area contributed by atoms with Gasteiger partial charge >= 0.3 is 0 Å². The van der Waals surface area contributed by atoms with Crippen molar-refractivity contribution in [3.8, 4) is 0 Å². The van der Waals surface area contributed by atoms with Gasteiger partial charge in [0, 0.05) is 26.5 Å². The van der Waals surface area contributed by atoms with Crippen molar-refractivity contribution in [2.24, 2.45) is 0 Å². The Hall–Kier alpha value is -0.840. The average molecular weight is 248 g/mol. The van der Waals surface area contributed by atoms with Crippen LogP contribution in [0.25, 0.3) is 0 Å². The summed E-state index contributed by atoms with van der Waals surface area (Å²) in [5.74, 6) is -0.438. The SMILES string of the molecule is COC[C@@H](CNc1ccc(Cl)c(F)c1)OC. The smallest absolute Gasteiger partial charge is 0.143 e. The van der Waals surface area contributed by atoms with Crippen LogP contribution in [-0.4, -0.2) is 33.5 Å². The highest BCUT2D eigenvalue weighted by molar-refractivity contribution is 6.30. The average Bonchev–Trinajstić information content (AvgIpc) is 2.28. The number of anilines is 1. The lowest BCUT2D eigenvalue weighted by Gasteiger charge is -2.15. The summed E-state index contributed by atoms with van der Waals surface area (Å²) in [6, 6.07) is 4.57. The molecule has 0 amide bonds. The molecule has 0 fully saturated rings. The zero-order valence-corrected chi connectivity index (χ0v) is 10.1. The number of rotatable bonds is 6. The zero-order chi connectivity index (χ0) is 12.0. The van der Waals surface area contributed by atoms with E-state index in [1.165, 1.54) is 12.1 Å². The Morgan fingerprint density at radius 3 is 2.75 bits per heavy atom. The summed E-state index contributed by atoms with van der Waals surface area (Å²) in [5, 5.41) is 3.16. The second kappa shape index (κ2) is 6.68. The Bertz CT molecular complexity index is 336. The van der Waals surface area contributed by atoms with Crippen molar-refractivity contribution in [2.75, 3.05) is 32.7 Å². The van der Waals surface area contributed by atoms with Gasteiger partial charge in [0.05, 0.1) is 17.7 Å². The summed E-state index contributed by atoms with van der Waals surface area (Å²) in [4.78, 5) is 0. The Labute approximate surface area is 99.5 Å². The number of hydrogen-bond donors (Lipinski definition) is 1. The van der Waals surface area contributed by atoms with Gasteiger partial charge in [-0.05, 0) is 18.2 Å². The third-order valence-corrected chi connectivity index (χ3v) is 2.45. The molecule has 0 aliphatic rings. The first-order chi connectivity index (χ1) is 7.67. The summed E-state index contributed by atoms with van der Waals surface area (Å²) >= 11 is 5.57. The highest BCUT2D eigenvalue weighted by Gasteiger charge is 2.07. The van der Waals surface area contributed by atoms with E-state index in [1.54, 1.807) is 20.3 Å². The number of benzene rings is 1. The predicted octanol–water partition coefficient (Wildman–Crippen LogP) is 2.55. The molecule has 1 atom stereocenters. The topological polar surface area (TPSA) is 30.5 Å². The first-order valence-corrected chi connectivity index (χ1v) is 5.25.